The number of amides is 2. The number of hydrogen-bond donors (Lipinski definition) is 1. The van der Waals surface area contributed by atoms with E-state index in [2.05, 4.69) is 10.3 Å². The van der Waals surface area contributed by atoms with Gasteiger partial charge in [-0.3, -0.25) is 14.6 Å². The molecule has 1 saturated carbocycles. The van der Waals surface area contributed by atoms with Crippen LogP contribution in [0.3, 0.4) is 0 Å². The maximum atomic E-state index is 13.2. The Morgan fingerprint density at radius 1 is 1.14 bits per heavy atom. The third-order valence-electron chi connectivity index (χ3n) is 5.14. The van der Waals surface area contributed by atoms with Crippen molar-refractivity contribution < 1.29 is 22.8 Å². The third-order valence-corrected chi connectivity index (χ3v) is 5.14. The molecule has 150 valence electrons. The van der Waals surface area contributed by atoms with Crippen LogP contribution in [0.1, 0.15) is 24.8 Å². The molecule has 1 aliphatic heterocycles. The lowest BCUT2D eigenvalue weighted by Crippen LogP contribution is -2.42. The molecular weight excluding hydrogens is 383 g/mol. The highest BCUT2D eigenvalue weighted by molar-refractivity contribution is 6.16. The summed E-state index contributed by atoms with van der Waals surface area (Å²) in [4.78, 5) is 31.6. The summed E-state index contributed by atoms with van der Waals surface area (Å²) >= 11 is 0. The maximum Gasteiger partial charge on any atom is 0.418 e. The summed E-state index contributed by atoms with van der Waals surface area (Å²) < 4.78 is 39.6. The van der Waals surface area contributed by atoms with Gasteiger partial charge in [0.1, 0.15) is 6.54 Å². The second-order valence-electron chi connectivity index (χ2n) is 7.05. The normalized spacial score (nSPS) is 18.6. The van der Waals surface area contributed by atoms with Gasteiger partial charge >= 0.3 is 6.18 Å². The first kappa shape index (κ1) is 19.2. The molecule has 1 N–H and O–H groups in total. The summed E-state index contributed by atoms with van der Waals surface area (Å²) in [7, 11) is 0. The lowest BCUT2D eigenvalue weighted by Gasteiger charge is -2.24. The van der Waals surface area contributed by atoms with Crippen molar-refractivity contribution in [1.82, 2.24) is 0 Å². The largest absolute Gasteiger partial charge is 0.418 e. The lowest BCUT2D eigenvalue weighted by molar-refractivity contribution is -0.137. The summed E-state index contributed by atoms with van der Waals surface area (Å²) in [5, 5.41) is 2.31. The van der Waals surface area contributed by atoms with Gasteiger partial charge in [0.15, 0.2) is 0 Å². The molecule has 1 fully saturated rings. The minimum absolute atomic E-state index is 0.245. The highest BCUT2D eigenvalue weighted by atomic mass is 19.4. The Kier molecular flexibility index (Phi) is 4.86. The number of anilines is 2. The number of hydrogen-bond acceptors (Lipinski definition) is 3. The Morgan fingerprint density at radius 3 is 2.66 bits per heavy atom. The Morgan fingerprint density at radius 2 is 1.86 bits per heavy atom. The van der Waals surface area contributed by atoms with Crippen molar-refractivity contribution in [2.24, 2.45) is 10.9 Å². The Balaban J connectivity index is 1.61. The van der Waals surface area contributed by atoms with Crippen LogP contribution in [0.2, 0.25) is 0 Å². The number of carbonyl (C=O) groups is 2. The standard InChI is InChI=1S/C21H18F3N3O2/c22-21(23,24)14-7-1-2-8-16(14)26-19(28)12-27-18-11-4-3-9-17(18)25-15-10-5-6-13(15)20(27)29/h1-4,7-9,11,13H,5-6,10,12H2,(H,26,28). The molecule has 0 aromatic heterocycles. The number of rotatable bonds is 3. The van der Waals surface area contributed by atoms with Crippen LogP contribution in [-0.4, -0.2) is 24.1 Å². The van der Waals surface area contributed by atoms with Gasteiger partial charge in [0.25, 0.3) is 0 Å². The minimum atomic E-state index is -4.60. The van der Waals surface area contributed by atoms with E-state index in [0.717, 1.165) is 24.6 Å². The number of nitrogens with zero attached hydrogens (tertiary/aromatic N) is 2. The van der Waals surface area contributed by atoms with Gasteiger partial charge in [-0.2, -0.15) is 13.2 Å². The number of carbonyl (C=O) groups excluding carboxylic acids is 2. The summed E-state index contributed by atoms with van der Waals surface area (Å²) in [6.45, 7) is -0.388. The number of alkyl halides is 3. The molecule has 4 rings (SSSR count). The molecule has 1 unspecified atom stereocenters. The van der Waals surface area contributed by atoms with Crippen LogP contribution in [0.4, 0.5) is 30.2 Å². The molecule has 8 heteroatoms. The highest BCUT2D eigenvalue weighted by Gasteiger charge is 2.37. The first-order valence-electron chi connectivity index (χ1n) is 9.28. The summed E-state index contributed by atoms with van der Waals surface area (Å²) in [5.74, 6) is -1.34. The van der Waals surface area contributed by atoms with Gasteiger partial charge in [-0.25, -0.2) is 0 Å². The van der Waals surface area contributed by atoms with E-state index in [0.29, 0.717) is 17.8 Å². The van der Waals surface area contributed by atoms with Gasteiger partial charge in [-0.15, -0.1) is 0 Å². The number of nitrogens with one attached hydrogen (secondary N) is 1. The van der Waals surface area contributed by atoms with Gasteiger partial charge in [-0.05, 0) is 43.5 Å². The average molecular weight is 401 g/mol. The lowest BCUT2D eigenvalue weighted by atomic mass is 10.1. The van der Waals surface area contributed by atoms with Crippen LogP contribution >= 0.6 is 0 Å². The van der Waals surface area contributed by atoms with E-state index in [-0.39, 0.29) is 18.1 Å². The van der Waals surface area contributed by atoms with Crippen LogP contribution in [0.25, 0.3) is 0 Å². The minimum Gasteiger partial charge on any atom is -0.324 e. The fourth-order valence-electron chi connectivity index (χ4n) is 3.81. The van der Waals surface area contributed by atoms with Crippen LogP contribution in [-0.2, 0) is 15.8 Å². The molecule has 0 spiro atoms. The van der Waals surface area contributed by atoms with E-state index in [1.165, 1.54) is 23.1 Å². The van der Waals surface area contributed by atoms with E-state index in [9.17, 15) is 22.8 Å². The topological polar surface area (TPSA) is 61.8 Å². The van der Waals surface area contributed by atoms with E-state index in [1.54, 1.807) is 24.3 Å². The first-order valence-corrected chi connectivity index (χ1v) is 9.28. The molecule has 5 nitrogen and oxygen atoms in total. The van der Waals surface area contributed by atoms with Gasteiger partial charge in [0.05, 0.1) is 28.5 Å². The molecule has 1 heterocycles. The third kappa shape index (κ3) is 3.74. The fourth-order valence-corrected chi connectivity index (χ4v) is 3.81. The molecule has 2 amide bonds. The zero-order valence-corrected chi connectivity index (χ0v) is 15.4. The molecule has 1 aliphatic carbocycles. The SMILES string of the molecule is O=C(CN1C(=O)C2CCCC2=Nc2ccccc21)Nc1ccccc1C(F)(F)F. The number of para-hydroxylation sites is 3. The van der Waals surface area contributed by atoms with Crippen LogP contribution in [0, 0.1) is 5.92 Å². The van der Waals surface area contributed by atoms with E-state index >= 15 is 0 Å². The zero-order valence-electron chi connectivity index (χ0n) is 15.4. The molecule has 2 aromatic carbocycles. The van der Waals surface area contributed by atoms with Gasteiger partial charge in [-0.1, -0.05) is 24.3 Å². The van der Waals surface area contributed by atoms with Crippen molar-refractivity contribution in [3.05, 3.63) is 54.1 Å². The predicted octanol–water partition coefficient (Wildman–Crippen LogP) is 4.56. The molecule has 0 bridgehead atoms. The second kappa shape index (κ2) is 7.35. The van der Waals surface area contributed by atoms with Crippen molar-refractivity contribution in [1.29, 1.82) is 0 Å². The summed E-state index contributed by atoms with van der Waals surface area (Å²) in [5.41, 5.74) is 0.603. The fraction of sp³-hybridized carbons (Fsp3) is 0.286. The molecule has 1 atom stereocenters. The number of halogens is 3. The maximum absolute atomic E-state index is 13.2. The Labute approximate surface area is 165 Å². The summed E-state index contributed by atoms with van der Waals surface area (Å²) in [6.07, 6.45) is -2.37. The molecule has 2 aliphatic rings. The molecule has 29 heavy (non-hydrogen) atoms. The smallest absolute Gasteiger partial charge is 0.324 e. The number of benzene rings is 2. The van der Waals surface area contributed by atoms with Crippen molar-refractivity contribution in [2.45, 2.75) is 25.4 Å². The predicted molar refractivity (Wildman–Crippen MR) is 103 cm³/mol. The van der Waals surface area contributed by atoms with Gasteiger partial charge < -0.3 is 10.2 Å². The van der Waals surface area contributed by atoms with Crippen molar-refractivity contribution >= 4 is 34.6 Å². The van der Waals surface area contributed by atoms with Crippen molar-refractivity contribution in [2.75, 3.05) is 16.8 Å². The van der Waals surface area contributed by atoms with E-state index < -0.39 is 23.6 Å². The Bertz CT molecular complexity index is 1000. The molecule has 2 aromatic rings. The number of fused-ring (bicyclic) bond motifs is 2. The zero-order chi connectivity index (χ0) is 20.6. The number of aliphatic imine (C=N–C) groups is 1. The molecular formula is C21H18F3N3O2. The van der Waals surface area contributed by atoms with E-state index in [1.807, 2.05) is 0 Å². The second-order valence-corrected chi connectivity index (χ2v) is 7.05. The van der Waals surface area contributed by atoms with Crippen LogP contribution < -0.4 is 10.2 Å². The van der Waals surface area contributed by atoms with Crippen LogP contribution in [0.15, 0.2) is 53.5 Å². The van der Waals surface area contributed by atoms with Crippen molar-refractivity contribution in [3.8, 4) is 0 Å². The quantitative estimate of drug-likeness (QED) is 0.819. The van der Waals surface area contributed by atoms with Gasteiger partial charge in [0, 0.05) is 5.71 Å². The van der Waals surface area contributed by atoms with Crippen LogP contribution in [0.5, 0.6) is 0 Å². The van der Waals surface area contributed by atoms with Crippen molar-refractivity contribution in [3.63, 3.8) is 0 Å². The molecule has 0 radical (unpaired) electrons. The first-order chi connectivity index (χ1) is 13.8. The monoisotopic (exact) mass is 401 g/mol. The van der Waals surface area contributed by atoms with E-state index in [4.69, 9.17) is 0 Å². The highest BCUT2D eigenvalue weighted by Crippen LogP contribution is 2.38. The average Bonchev–Trinajstić information content (AvgIpc) is 3.10. The Hall–Kier alpha value is -3.16. The molecule has 0 saturated heterocycles. The summed E-state index contributed by atoms with van der Waals surface area (Å²) in [6, 6.07) is 11.7. The van der Waals surface area contributed by atoms with Gasteiger partial charge in [0.2, 0.25) is 11.8 Å².